The summed E-state index contributed by atoms with van der Waals surface area (Å²) in [7, 11) is 1.59. The summed E-state index contributed by atoms with van der Waals surface area (Å²) in [6, 6.07) is 0.0232. The minimum absolute atomic E-state index is 0.0764. The van der Waals surface area contributed by atoms with Crippen molar-refractivity contribution in [2.75, 3.05) is 11.4 Å². The molecule has 206 valence electrons. The van der Waals surface area contributed by atoms with Gasteiger partial charge in [0, 0.05) is 43.0 Å². The molecule has 6 rings (SSSR count). The maximum absolute atomic E-state index is 13.7. The highest BCUT2D eigenvalue weighted by molar-refractivity contribution is 6.30. The Labute approximate surface area is 227 Å². The average molecular weight is 544 g/mol. The summed E-state index contributed by atoms with van der Waals surface area (Å²) < 4.78 is 4.23. The molecule has 2 aromatic heterocycles. The van der Waals surface area contributed by atoms with E-state index in [9.17, 15) is 14.4 Å². The summed E-state index contributed by atoms with van der Waals surface area (Å²) >= 11 is 6.75. The number of carbonyl (C=O) groups is 1. The Morgan fingerprint density at radius 3 is 2.61 bits per heavy atom. The van der Waals surface area contributed by atoms with Crippen molar-refractivity contribution < 1.29 is 4.79 Å². The quantitative estimate of drug-likeness (QED) is 0.614. The largest absolute Gasteiger partial charge is 0.352 e. The fourth-order valence-electron chi connectivity index (χ4n) is 6.46. The Morgan fingerprint density at radius 2 is 1.89 bits per heavy atom. The third-order valence-electron chi connectivity index (χ3n) is 8.23. The summed E-state index contributed by atoms with van der Waals surface area (Å²) in [5, 5.41) is 3.75. The van der Waals surface area contributed by atoms with Gasteiger partial charge in [-0.25, -0.2) is 9.36 Å². The van der Waals surface area contributed by atoms with E-state index in [0.29, 0.717) is 30.2 Å². The number of allylic oxidation sites excluding steroid dienone is 2. The lowest BCUT2D eigenvalue weighted by Crippen LogP contribution is -2.50. The van der Waals surface area contributed by atoms with Crippen LogP contribution in [0.25, 0.3) is 11.2 Å². The van der Waals surface area contributed by atoms with Crippen LogP contribution in [0, 0.1) is 11.8 Å². The number of aryl methyl sites for hydroxylation is 1. The van der Waals surface area contributed by atoms with Gasteiger partial charge in [0.05, 0.1) is 5.92 Å². The second kappa shape index (κ2) is 10.4. The predicted molar refractivity (Wildman–Crippen MR) is 149 cm³/mol. The fourth-order valence-corrected chi connectivity index (χ4v) is 6.82. The summed E-state index contributed by atoms with van der Waals surface area (Å²) in [6.07, 6.45) is 8.05. The number of nitrogens with zero attached hydrogens (tertiary/aromatic N) is 5. The second-order valence-corrected chi connectivity index (χ2v) is 11.1. The molecule has 0 aromatic carbocycles. The van der Waals surface area contributed by atoms with Gasteiger partial charge in [0.1, 0.15) is 6.54 Å². The van der Waals surface area contributed by atoms with Crippen molar-refractivity contribution in [1.82, 2.24) is 24.0 Å². The minimum atomic E-state index is -0.555. The highest BCUT2D eigenvalue weighted by Crippen LogP contribution is 2.47. The number of rotatable bonds is 3. The molecule has 1 amide bonds. The lowest BCUT2D eigenvalue weighted by molar-refractivity contribution is -0.122. The number of halogens is 1. The minimum Gasteiger partial charge on any atom is -0.352 e. The van der Waals surface area contributed by atoms with E-state index >= 15 is 0 Å². The lowest BCUT2D eigenvalue weighted by Gasteiger charge is -2.46. The molecule has 1 fully saturated rings. The van der Waals surface area contributed by atoms with Crippen LogP contribution in [0.15, 0.2) is 32.0 Å². The van der Waals surface area contributed by atoms with E-state index in [0.717, 1.165) is 47.4 Å². The number of nitrogens with one attached hydrogen (secondary N) is 1. The van der Waals surface area contributed by atoms with Gasteiger partial charge in [-0.05, 0) is 30.8 Å². The van der Waals surface area contributed by atoms with Crippen LogP contribution in [0.5, 0.6) is 0 Å². The number of hydrogen-bond donors (Lipinski definition) is 2. The zero-order valence-corrected chi connectivity index (χ0v) is 23.4. The first kappa shape index (κ1) is 26.7. The Hall–Kier alpha value is -2.85. The second-order valence-electron chi connectivity index (χ2n) is 10.7. The third-order valence-corrected chi connectivity index (χ3v) is 8.62. The fraction of sp³-hybridized carbons (Fsp3) is 0.630. The van der Waals surface area contributed by atoms with Crippen LogP contribution in [-0.4, -0.2) is 43.2 Å². The first-order valence-corrected chi connectivity index (χ1v) is 14.2. The molecule has 0 bridgehead atoms. The summed E-state index contributed by atoms with van der Waals surface area (Å²) in [5.74, 6) is 0.356. The number of hydrogen-bond acceptors (Lipinski definition) is 6. The molecule has 11 heteroatoms. The van der Waals surface area contributed by atoms with Gasteiger partial charge in [0.15, 0.2) is 11.2 Å². The van der Waals surface area contributed by atoms with Gasteiger partial charge in [-0.1, -0.05) is 57.7 Å². The number of nitrogens with two attached hydrogens (primary N) is 1. The summed E-state index contributed by atoms with van der Waals surface area (Å²) in [6.45, 7) is 6.81. The molecule has 3 N–H and O–H groups in total. The molecule has 0 spiro atoms. The average Bonchev–Trinajstić information content (AvgIpc) is 3.30. The zero-order chi connectivity index (χ0) is 27.3. The molecule has 4 heterocycles. The van der Waals surface area contributed by atoms with Crippen molar-refractivity contribution in [3.63, 3.8) is 0 Å². The van der Waals surface area contributed by atoms with Crippen LogP contribution in [0.1, 0.15) is 59.3 Å². The molecule has 2 aliphatic carbocycles. The first-order valence-electron chi connectivity index (χ1n) is 13.9. The maximum Gasteiger partial charge on any atom is 0.332 e. The Kier molecular flexibility index (Phi) is 7.30. The summed E-state index contributed by atoms with van der Waals surface area (Å²) in [4.78, 5) is 46.5. The van der Waals surface area contributed by atoms with Gasteiger partial charge in [-0.2, -0.15) is 4.98 Å². The molecule has 2 aliphatic heterocycles. The maximum atomic E-state index is 13.7. The summed E-state index contributed by atoms with van der Waals surface area (Å²) in [5.41, 5.74) is 8.36. The number of carbonyl (C=O) groups excluding carboxylic acids is 1. The number of anilines is 1. The molecule has 3 atom stereocenters. The monoisotopic (exact) mass is 543 g/mol. The number of fused-ring (bicyclic) bond motifs is 4. The van der Waals surface area contributed by atoms with Crippen LogP contribution in [0.3, 0.4) is 0 Å². The van der Waals surface area contributed by atoms with Crippen molar-refractivity contribution >= 4 is 34.6 Å². The molecule has 4 aliphatic rings. The Bertz CT molecular complexity index is 1440. The highest BCUT2D eigenvalue weighted by atomic mass is 35.5. The molecular weight excluding hydrogens is 506 g/mol. The Balaban J connectivity index is 0.00000144. The van der Waals surface area contributed by atoms with Crippen LogP contribution >= 0.6 is 11.6 Å². The van der Waals surface area contributed by atoms with Gasteiger partial charge < -0.3 is 20.5 Å². The van der Waals surface area contributed by atoms with Gasteiger partial charge in [0.25, 0.3) is 5.56 Å². The van der Waals surface area contributed by atoms with Crippen LogP contribution in [-0.2, 0) is 24.9 Å². The molecule has 3 unspecified atom stereocenters. The van der Waals surface area contributed by atoms with Crippen molar-refractivity contribution in [2.24, 2.45) is 24.6 Å². The highest BCUT2D eigenvalue weighted by Gasteiger charge is 2.43. The molecule has 10 nitrogen and oxygen atoms in total. The normalized spacial score (nSPS) is 24.8. The van der Waals surface area contributed by atoms with E-state index in [1.54, 1.807) is 7.05 Å². The molecule has 2 aromatic rings. The lowest BCUT2D eigenvalue weighted by atomic mass is 9.79. The topological polar surface area (TPSA) is 120 Å². The van der Waals surface area contributed by atoms with Gasteiger partial charge >= 0.3 is 5.69 Å². The van der Waals surface area contributed by atoms with Crippen molar-refractivity contribution in [2.45, 2.75) is 84.5 Å². The van der Waals surface area contributed by atoms with Gasteiger partial charge in [0.2, 0.25) is 11.9 Å². The third kappa shape index (κ3) is 4.31. The standard InChI is InChI=1S/C25H32ClN7O3.C2H6/c1-13-8-18(26)17-11-32-21-22(29-24(32)31-10-14(27)9-16(13)20(17)31)30(2)25(36)33(23(21)35)12-19(34)28-15-6-4-3-5-7-15;1-2/h8,13-15,17H,3-7,9-12,27H2,1-2H3,(H,28,34);1-2H3. The van der Waals surface area contributed by atoms with Crippen molar-refractivity contribution in [3.05, 3.63) is 43.2 Å². The molecule has 0 saturated heterocycles. The van der Waals surface area contributed by atoms with Gasteiger partial charge in [-0.15, -0.1) is 0 Å². The number of amides is 1. The smallest absolute Gasteiger partial charge is 0.332 e. The SMILES string of the molecule is CC.CC1C=C(Cl)C2Cn3c(nc4c3c(=O)n(CC(=O)NC3CCCCC3)c(=O)n4C)N3CC(N)CC1=C23. The van der Waals surface area contributed by atoms with E-state index < -0.39 is 11.2 Å². The van der Waals surface area contributed by atoms with Crippen molar-refractivity contribution in [3.8, 4) is 0 Å². The van der Waals surface area contributed by atoms with E-state index in [4.69, 9.17) is 22.3 Å². The van der Waals surface area contributed by atoms with Gasteiger partial charge in [-0.3, -0.25) is 14.2 Å². The predicted octanol–water partition coefficient (Wildman–Crippen LogP) is 2.57. The first-order chi connectivity index (χ1) is 18.2. The molecular formula is C27H38ClN7O3. The van der Waals surface area contributed by atoms with Crippen molar-refractivity contribution in [1.29, 1.82) is 0 Å². The zero-order valence-electron chi connectivity index (χ0n) is 22.7. The van der Waals surface area contributed by atoms with E-state index in [1.807, 2.05) is 18.4 Å². The van der Waals surface area contributed by atoms with Crippen LogP contribution in [0.4, 0.5) is 5.95 Å². The van der Waals surface area contributed by atoms with E-state index in [1.165, 1.54) is 16.6 Å². The van der Waals surface area contributed by atoms with E-state index in [2.05, 4.69) is 23.2 Å². The van der Waals surface area contributed by atoms with E-state index in [-0.39, 0.29) is 36.4 Å². The van der Waals surface area contributed by atoms with Crippen LogP contribution < -0.4 is 27.2 Å². The molecule has 0 radical (unpaired) electrons. The molecule has 38 heavy (non-hydrogen) atoms. The number of aromatic nitrogens is 4. The Morgan fingerprint density at radius 1 is 1.18 bits per heavy atom. The van der Waals surface area contributed by atoms with Crippen LogP contribution in [0.2, 0.25) is 0 Å². The molecule has 1 saturated carbocycles. The number of imidazole rings is 1.